The molecule has 4 rings (SSSR count). The lowest BCUT2D eigenvalue weighted by atomic mass is 9.73. The summed E-state index contributed by atoms with van der Waals surface area (Å²) in [5.74, 6) is 1.06. The zero-order chi connectivity index (χ0) is 19.1. The molecule has 27 heavy (non-hydrogen) atoms. The van der Waals surface area contributed by atoms with Gasteiger partial charge in [-0.2, -0.15) is 4.98 Å². The SMILES string of the molecule is Cc1nc(N2CC(Cc3ccccc3)(C(=O)N3CCS(=O)(=O)CC3)C2)no1. The number of anilines is 1. The standard InChI is InChI=1S/C18H22N4O4S/c1-14-19-17(20-26-14)22-12-18(13-22,11-15-5-3-2-4-6-15)16(23)21-7-9-27(24,25)10-8-21/h2-6H,7-13H2,1H3. The van der Waals surface area contributed by atoms with Gasteiger partial charge in [-0.3, -0.25) is 4.79 Å². The fourth-order valence-electron chi connectivity index (χ4n) is 3.80. The van der Waals surface area contributed by atoms with Crippen molar-refractivity contribution < 1.29 is 17.7 Å². The number of amides is 1. The van der Waals surface area contributed by atoms with Gasteiger partial charge in [0.2, 0.25) is 11.8 Å². The number of carbonyl (C=O) groups is 1. The zero-order valence-electron chi connectivity index (χ0n) is 15.2. The molecule has 2 fully saturated rings. The number of hydrogen-bond donors (Lipinski definition) is 0. The Kier molecular flexibility index (Phi) is 4.41. The molecule has 0 saturated carbocycles. The highest BCUT2D eigenvalue weighted by Gasteiger charge is 2.52. The van der Waals surface area contributed by atoms with E-state index in [-0.39, 0.29) is 30.5 Å². The molecule has 0 atom stereocenters. The minimum Gasteiger partial charge on any atom is -0.340 e. The fourth-order valence-corrected chi connectivity index (χ4v) is 5.00. The molecule has 1 aromatic heterocycles. The average molecular weight is 390 g/mol. The highest BCUT2D eigenvalue weighted by molar-refractivity contribution is 7.91. The molecule has 3 heterocycles. The van der Waals surface area contributed by atoms with E-state index in [0.29, 0.717) is 31.3 Å². The van der Waals surface area contributed by atoms with Crippen LogP contribution in [0.1, 0.15) is 11.5 Å². The molecule has 1 aromatic carbocycles. The molecule has 0 N–H and O–H groups in total. The molecular formula is C18H22N4O4S. The lowest BCUT2D eigenvalue weighted by Gasteiger charge is -2.50. The minimum atomic E-state index is -3.03. The van der Waals surface area contributed by atoms with Crippen LogP contribution in [0.3, 0.4) is 0 Å². The van der Waals surface area contributed by atoms with Gasteiger partial charge in [-0.1, -0.05) is 30.3 Å². The summed E-state index contributed by atoms with van der Waals surface area (Å²) in [6, 6.07) is 9.89. The Bertz CT molecular complexity index is 921. The average Bonchev–Trinajstić information content (AvgIpc) is 3.04. The topological polar surface area (TPSA) is 96.6 Å². The Morgan fingerprint density at radius 3 is 2.44 bits per heavy atom. The maximum atomic E-state index is 13.3. The number of rotatable bonds is 4. The second kappa shape index (κ2) is 6.63. The molecule has 2 aromatic rings. The lowest BCUT2D eigenvalue weighted by molar-refractivity contribution is -0.143. The summed E-state index contributed by atoms with van der Waals surface area (Å²) in [4.78, 5) is 21.2. The molecular weight excluding hydrogens is 368 g/mol. The van der Waals surface area contributed by atoms with E-state index in [1.165, 1.54) is 0 Å². The van der Waals surface area contributed by atoms with Crippen molar-refractivity contribution in [3.63, 3.8) is 0 Å². The first-order chi connectivity index (χ1) is 12.9. The van der Waals surface area contributed by atoms with Crippen LogP contribution in [0.4, 0.5) is 5.95 Å². The molecule has 2 aliphatic rings. The van der Waals surface area contributed by atoms with Crippen LogP contribution < -0.4 is 4.90 Å². The molecule has 8 nitrogen and oxygen atoms in total. The van der Waals surface area contributed by atoms with Gasteiger partial charge in [-0.05, 0) is 17.1 Å². The van der Waals surface area contributed by atoms with Crippen LogP contribution in [-0.2, 0) is 21.1 Å². The summed E-state index contributed by atoms with van der Waals surface area (Å²) in [5, 5.41) is 3.94. The predicted octanol–water partition coefficient (Wildman–Crippen LogP) is 0.684. The summed E-state index contributed by atoms with van der Waals surface area (Å²) >= 11 is 0. The van der Waals surface area contributed by atoms with Crippen LogP contribution in [0.15, 0.2) is 34.9 Å². The quantitative estimate of drug-likeness (QED) is 0.757. The maximum absolute atomic E-state index is 13.3. The van der Waals surface area contributed by atoms with E-state index in [2.05, 4.69) is 10.1 Å². The third-order valence-electron chi connectivity index (χ3n) is 5.26. The van der Waals surface area contributed by atoms with Gasteiger partial charge in [0.05, 0.1) is 16.9 Å². The lowest BCUT2D eigenvalue weighted by Crippen LogP contribution is -2.66. The first-order valence-electron chi connectivity index (χ1n) is 8.96. The minimum absolute atomic E-state index is 0.0118. The number of sulfone groups is 1. The van der Waals surface area contributed by atoms with Crippen LogP contribution in [0.25, 0.3) is 0 Å². The highest BCUT2D eigenvalue weighted by atomic mass is 32.2. The van der Waals surface area contributed by atoms with E-state index in [0.717, 1.165) is 5.56 Å². The molecule has 2 saturated heterocycles. The first kappa shape index (κ1) is 18.0. The van der Waals surface area contributed by atoms with Gasteiger partial charge < -0.3 is 14.3 Å². The molecule has 0 unspecified atom stereocenters. The monoisotopic (exact) mass is 390 g/mol. The Morgan fingerprint density at radius 2 is 1.85 bits per heavy atom. The molecule has 0 aliphatic carbocycles. The van der Waals surface area contributed by atoms with E-state index >= 15 is 0 Å². The summed E-state index contributed by atoms with van der Waals surface area (Å²) < 4.78 is 28.5. The largest absolute Gasteiger partial charge is 0.340 e. The number of carbonyl (C=O) groups excluding carboxylic acids is 1. The van der Waals surface area contributed by atoms with E-state index in [9.17, 15) is 13.2 Å². The Balaban J connectivity index is 1.55. The third-order valence-corrected chi connectivity index (χ3v) is 6.87. The van der Waals surface area contributed by atoms with E-state index < -0.39 is 15.3 Å². The molecule has 144 valence electrons. The van der Waals surface area contributed by atoms with Crippen molar-refractivity contribution >= 4 is 21.7 Å². The van der Waals surface area contributed by atoms with Gasteiger partial charge in [0.25, 0.3) is 5.95 Å². The van der Waals surface area contributed by atoms with Gasteiger partial charge in [-0.25, -0.2) is 8.42 Å². The smallest absolute Gasteiger partial charge is 0.266 e. The summed E-state index contributed by atoms with van der Waals surface area (Å²) in [5.41, 5.74) is 0.483. The van der Waals surface area contributed by atoms with Gasteiger partial charge in [0, 0.05) is 33.1 Å². The van der Waals surface area contributed by atoms with Crippen LogP contribution in [0.2, 0.25) is 0 Å². The molecule has 0 bridgehead atoms. The highest BCUT2D eigenvalue weighted by Crippen LogP contribution is 2.38. The van der Waals surface area contributed by atoms with Crippen molar-refractivity contribution in [2.45, 2.75) is 13.3 Å². The molecule has 0 spiro atoms. The van der Waals surface area contributed by atoms with Crippen molar-refractivity contribution in [2.24, 2.45) is 5.41 Å². The third kappa shape index (κ3) is 3.55. The van der Waals surface area contributed by atoms with E-state index in [1.54, 1.807) is 11.8 Å². The number of benzene rings is 1. The molecule has 0 radical (unpaired) electrons. The van der Waals surface area contributed by atoms with Crippen LogP contribution in [-0.4, -0.2) is 67.1 Å². The maximum Gasteiger partial charge on any atom is 0.266 e. The summed E-state index contributed by atoms with van der Waals surface area (Å²) in [7, 11) is -3.03. The van der Waals surface area contributed by atoms with Crippen molar-refractivity contribution in [1.82, 2.24) is 15.0 Å². The van der Waals surface area contributed by atoms with Crippen molar-refractivity contribution in [1.29, 1.82) is 0 Å². The molecule has 9 heteroatoms. The second-order valence-corrected chi connectivity index (χ2v) is 9.66. The predicted molar refractivity (Wildman–Crippen MR) is 99.1 cm³/mol. The van der Waals surface area contributed by atoms with Gasteiger partial charge >= 0.3 is 0 Å². The first-order valence-corrected chi connectivity index (χ1v) is 10.8. The number of aromatic nitrogens is 2. The zero-order valence-corrected chi connectivity index (χ0v) is 16.0. The Morgan fingerprint density at radius 1 is 1.19 bits per heavy atom. The summed E-state index contributed by atoms with van der Waals surface area (Å²) in [6.07, 6.45) is 0.600. The summed E-state index contributed by atoms with van der Waals surface area (Å²) in [6.45, 7) is 3.23. The van der Waals surface area contributed by atoms with Gasteiger partial charge in [-0.15, -0.1) is 0 Å². The van der Waals surface area contributed by atoms with Crippen LogP contribution >= 0.6 is 0 Å². The van der Waals surface area contributed by atoms with Crippen molar-refractivity contribution in [2.75, 3.05) is 42.6 Å². The van der Waals surface area contributed by atoms with Gasteiger partial charge in [0.1, 0.15) is 0 Å². The fraction of sp³-hybridized carbons (Fsp3) is 0.500. The van der Waals surface area contributed by atoms with Crippen LogP contribution in [0.5, 0.6) is 0 Å². The number of hydrogen-bond acceptors (Lipinski definition) is 7. The van der Waals surface area contributed by atoms with Crippen molar-refractivity contribution in [3.8, 4) is 0 Å². The van der Waals surface area contributed by atoms with Gasteiger partial charge in [0.15, 0.2) is 9.84 Å². The number of nitrogens with zero attached hydrogens (tertiary/aromatic N) is 4. The number of aryl methyl sites for hydroxylation is 1. The molecule has 1 amide bonds. The Hall–Kier alpha value is -2.42. The van der Waals surface area contributed by atoms with E-state index in [1.807, 2.05) is 35.2 Å². The Labute approximate surface area is 158 Å². The van der Waals surface area contributed by atoms with Crippen molar-refractivity contribution in [3.05, 3.63) is 41.8 Å². The van der Waals surface area contributed by atoms with E-state index in [4.69, 9.17) is 4.52 Å². The second-order valence-electron chi connectivity index (χ2n) is 7.36. The van der Waals surface area contributed by atoms with Crippen LogP contribution in [0, 0.1) is 12.3 Å². The molecule has 2 aliphatic heterocycles. The normalized spacial score (nSPS) is 20.9.